The molecule has 0 saturated carbocycles. The number of aromatic nitrogens is 2. The minimum atomic E-state index is -1.10. The summed E-state index contributed by atoms with van der Waals surface area (Å²) in [6.45, 7) is 0. The first-order valence-electron chi connectivity index (χ1n) is 6.83. The highest BCUT2D eigenvalue weighted by molar-refractivity contribution is 6.32. The summed E-state index contributed by atoms with van der Waals surface area (Å²) >= 11 is 6.24. The molecule has 0 fully saturated rings. The number of methoxy groups -OCH3 is 1. The molecule has 0 aliphatic heterocycles. The van der Waals surface area contributed by atoms with Gasteiger partial charge in [0, 0.05) is 5.56 Å². The van der Waals surface area contributed by atoms with Crippen molar-refractivity contribution in [1.82, 2.24) is 9.78 Å². The number of carboxylic acids is 1. The third-order valence-corrected chi connectivity index (χ3v) is 3.71. The summed E-state index contributed by atoms with van der Waals surface area (Å²) in [6.07, 6.45) is 0. The van der Waals surface area contributed by atoms with Gasteiger partial charge in [-0.1, -0.05) is 35.9 Å². The van der Waals surface area contributed by atoms with Crippen LogP contribution in [0.1, 0.15) is 10.5 Å². The fourth-order valence-electron chi connectivity index (χ4n) is 2.34. The zero-order valence-electron chi connectivity index (χ0n) is 12.2. The maximum Gasteiger partial charge on any atom is 0.356 e. The van der Waals surface area contributed by atoms with Crippen LogP contribution >= 0.6 is 11.6 Å². The van der Waals surface area contributed by atoms with E-state index in [4.69, 9.17) is 16.3 Å². The van der Waals surface area contributed by atoms with Gasteiger partial charge < -0.3 is 9.84 Å². The first-order valence-corrected chi connectivity index (χ1v) is 7.21. The molecule has 0 saturated heterocycles. The van der Waals surface area contributed by atoms with Gasteiger partial charge in [0.25, 0.3) is 0 Å². The monoisotopic (exact) mass is 328 g/mol. The van der Waals surface area contributed by atoms with Crippen LogP contribution < -0.4 is 4.74 Å². The second-order valence-corrected chi connectivity index (χ2v) is 5.19. The lowest BCUT2D eigenvalue weighted by molar-refractivity contribution is 0.0690. The van der Waals surface area contributed by atoms with Crippen LogP contribution in [-0.4, -0.2) is 28.0 Å². The number of rotatable bonds is 4. The standard InChI is InChI=1S/C17H13ClN2O3/c1-23-16-9-5-2-6-11(16)15-10-13(17(21)22)19-20(15)14-8-4-3-7-12(14)18/h2-10H,1H3,(H,21,22). The van der Waals surface area contributed by atoms with E-state index in [1.807, 2.05) is 24.3 Å². The molecule has 23 heavy (non-hydrogen) atoms. The smallest absolute Gasteiger partial charge is 0.356 e. The van der Waals surface area contributed by atoms with Crippen LogP contribution in [-0.2, 0) is 0 Å². The molecule has 0 amide bonds. The topological polar surface area (TPSA) is 64.3 Å². The molecule has 3 rings (SSSR count). The number of hydrogen-bond donors (Lipinski definition) is 1. The number of nitrogens with zero attached hydrogens (tertiary/aromatic N) is 2. The first-order chi connectivity index (χ1) is 11.1. The minimum Gasteiger partial charge on any atom is -0.496 e. The molecule has 0 radical (unpaired) electrons. The lowest BCUT2D eigenvalue weighted by atomic mass is 10.1. The number of aromatic carboxylic acids is 1. The second kappa shape index (κ2) is 6.14. The van der Waals surface area contributed by atoms with Crippen molar-refractivity contribution in [2.24, 2.45) is 0 Å². The molecule has 1 N–H and O–H groups in total. The van der Waals surface area contributed by atoms with Gasteiger partial charge in [0.15, 0.2) is 5.69 Å². The lowest BCUT2D eigenvalue weighted by Crippen LogP contribution is -2.03. The highest BCUT2D eigenvalue weighted by atomic mass is 35.5. The Morgan fingerprint density at radius 1 is 1.17 bits per heavy atom. The van der Waals surface area contributed by atoms with Crippen molar-refractivity contribution >= 4 is 17.6 Å². The van der Waals surface area contributed by atoms with E-state index in [0.29, 0.717) is 22.2 Å². The Labute approximate surface area is 137 Å². The van der Waals surface area contributed by atoms with Crippen molar-refractivity contribution in [3.05, 3.63) is 65.3 Å². The van der Waals surface area contributed by atoms with Crippen molar-refractivity contribution in [3.8, 4) is 22.7 Å². The number of hydrogen-bond acceptors (Lipinski definition) is 3. The van der Waals surface area contributed by atoms with Crippen molar-refractivity contribution < 1.29 is 14.6 Å². The molecule has 6 heteroatoms. The van der Waals surface area contributed by atoms with Crippen LogP contribution in [0.4, 0.5) is 0 Å². The van der Waals surface area contributed by atoms with Crippen LogP contribution in [0.3, 0.4) is 0 Å². The zero-order valence-corrected chi connectivity index (χ0v) is 13.0. The van der Waals surface area contributed by atoms with E-state index in [9.17, 15) is 9.90 Å². The van der Waals surface area contributed by atoms with Gasteiger partial charge in [-0.05, 0) is 30.3 Å². The van der Waals surface area contributed by atoms with Crippen LogP contribution in [0.2, 0.25) is 5.02 Å². The molecule has 0 atom stereocenters. The Morgan fingerprint density at radius 3 is 2.57 bits per heavy atom. The molecular formula is C17H13ClN2O3. The van der Waals surface area contributed by atoms with Gasteiger partial charge in [0.1, 0.15) is 5.75 Å². The van der Waals surface area contributed by atoms with Gasteiger partial charge >= 0.3 is 5.97 Å². The summed E-state index contributed by atoms with van der Waals surface area (Å²) in [7, 11) is 1.56. The molecule has 0 aliphatic rings. The molecule has 0 unspecified atom stereocenters. The molecular weight excluding hydrogens is 316 g/mol. The van der Waals surface area contributed by atoms with Crippen molar-refractivity contribution in [2.75, 3.05) is 7.11 Å². The fourth-order valence-corrected chi connectivity index (χ4v) is 2.56. The number of ether oxygens (including phenoxy) is 1. The predicted molar refractivity (Wildman–Crippen MR) is 87.5 cm³/mol. The van der Waals surface area contributed by atoms with E-state index in [2.05, 4.69) is 5.10 Å². The molecule has 116 valence electrons. The maximum atomic E-state index is 11.3. The normalized spacial score (nSPS) is 10.5. The highest BCUT2D eigenvalue weighted by Crippen LogP contribution is 2.33. The zero-order chi connectivity index (χ0) is 16.4. The molecule has 0 aliphatic carbocycles. The average molecular weight is 329 g/mol. The molecule has 1 aromatic heterocycles. The van der Waals surface area contributed by atoms with Crippen LogP contribution in [0.5, 0.6) is 5.75 Å². The van der Waals surface area contributed by atoms with Gasteiger partial charge in [0.2, 0.25) is 0 Å². The molecule has 0 spiro atoms. The van der Waals surface area contributed by atoms with Gasteiger partial charge in [-0.25, -0.2) is 9.48 Å². The third-order valence-electron chi connectivity index (χ3n) is 3.39. The number of para-hydroxylation sites is 2. The number of benzene rings is 2. The quantitative estimate of drug-likeness (QED) is 0.789. The Balaban J connectivity index is 2.28. The van der Waals surface area contributed by atoms with E-state index < -0.39 is 5.97 Å². The van der Waals surface area contributed by atoms with Crippen LogP contribution in [0.15, 0.2) is 54.6 Å². The van der Waals surface area contributed by atoms with Gasteiger partial charge in [0.05, 0.1) is 23.5 Å². The van der Waals surface area contributed by atoms with E-state index in [1.54, 1.807) is 31.4 Å². The van der Waals surface area contributed by atoms with Gasteiger partial charge in [-0.3, -0.25) is 0 Å². The summed E-state index contributed by atoms with van der Waals surface area (Å²) in [5.74, 6) is -0.482. The van der Waals surface area contributed by atoms with Crippen molar-refractivity contribution in [1.29, 1.82) is 0 Å². The number of carboxylic acid groups (broad SMARTS) is 1. The molecule has 5 nitrogen and oxygen atoms in total. The second-order valence-electron chi connectivity index (χ2n) is 4.78. The predicted octanol–water partition coefficient (Wildman–Crippen LogP) is 3.90. The Bertz CT molecular complexity index is 874. The minimum absolute atomic E-state index is 0.0641. The maximum absolute atomic E-state index is 11.3. The lowest BCUT2D eigenvalue weighted by Gasteiger charge is -2.11. The van der Waals surface area contributed by atoms with E-state index >= 15 is 0 Å². The summed E-state index contributed by atoms with van der Waals surface area (Å²) in [5, 5.41) is 13.9. The first kappa shape index (κ1) is 15.1. The molecule has 1 heterocycles. The Hall–Kier alpha value is -2.79. The number of halogens is 1. The van der Waals surface area contributed by atoms with Crippen molar-refractivity contribution in [2.45, 2.75) is 0 Å². The van der Waals surface area contributed by atoms with E-state index in [1.165, 1.54) is 10.7 Å². The molecule has 3 aromatic rings. The summed E-state index contributed by atoms with van der Waals surface area (Å²) in [6, 6.07) is 16.0. The molecule has 0 bridgehead atoms. The third kappa shape index (κ3) is 2.78. The summed E-state index contributed by atoms with van der Waals surface area (Å²) in [5.41, 5.74) is 1.86. The van der Waals surface area contributed by atoms with E-state index in [0.717, 1.165) is 5.56 Å². The average Bonchev–Trinajstić information content (AvgIpc) is 3.00. The van der Waals surface area contributed by atoms with Gasteiger partial charge in [-0.15, -0.1) is 0 Å². The number of carbonyl (C=O) groups is 1. The largest absolute Gasteiger partial charge is 0.496 e. The highest BCUT2D eigenvalue weighted by Gasteiger charge is 2.19. The fraction of sp³-hybridized carbons (Fsp3) is 0.0588. The Morgan fingerprint density at radius 2 is 1.87 bits per heavy atom. The van der Waals surface area contributed by atoms with Gasteiger partial charge in [-0.2, -0.15) is 5.10 Å². The van der Waals surface area contributed by atoms with Crippen LogP contribution in [0.25, 0.3) is 16.9 Å². The van der Waals surface area contributed by atoms with E-state index in [-0.39, 0.29) is 5.69 Å². The summed E-state index contributed by atoms with van der Waals surface area (Å²) < 4.78 is 6.89. The Kier molecular flexibility index (Phi) is 4.04. The van der Waals surface area contributed by atoms with Crippen molar-refractivity contribution in [3.63, 3.8) is 0 Å². The van der Waals surface area contributed by atoms with Crippen LogP contribution in [0, 0.1) is 0 Å². The SMILES string of the molecule is COc1ccccc1-c1cc(C(=O)O)nn1-c1ccccc1Cl. The summed E-state index contributed by atoms with van der Waals surface area (Å²) in [4.78, 5) is 11.3. The molecule has 2 aromatic carbocycles.